The second-order valence-corrected chi connectivity index (χ2v) is 19.2. The standard InChI is InChI=1S/C42H32FN4O7P3/c43-39-31-42(41(46(50)51)32-40(39)45(48)49)47(55(35-23-11-3-12-24-35)36-25-13-4-14-26-36)56(37-27-15-5-16-28-37,38-29-17-6-18-30-38)44-57(52,53-33-19-7-1-8-20-33)54-34-21-9-2-10-22-34/h1-32H. The zero-order valence-corrected chi connectivity index (χ0v) is 32.5. The van der Waals surface area contributed by atoms with Crippen LogP contribution in [0.4, 0.5) is 21.5 Å². The van der Waals surface area contributed by atoms with Crippen LogP contribution in [0.2, 0.25) is 0 Å². The van der Waals surface area contributed by atoms with Crippen LogP contribution in [0, 0.1) is 26.0 Å². The summed E-state index contributed by atoms with van der Waals surface area (Å²) < 4.78 is 51.7. The van der Waals surface area contributed by atoms with E-state index < -0.39 is 50.1 Å². The van der Waals surface area contributed by atoms with Crippen LogP contribution in [0.3, 0.4) is 0 Å². The van der Waals surface area contributed by atoms with Gasteiger partial charge in [-0.25, -0.2) is 4.57 Å². The van der Waals surface area contributed by atoms with E-state index in [0.29, 0.717) is 27.3 Å². The second kappa shape index (κ2) is 17.1. The minimum atomic E-state index is -4.82. The molecule has 0 fully saturated rings. The maximum atomic E-state index is 16.3. The Morgan fingerprint density at radius 2 is 0.912 bits per heavy atom. The van der Waals surface area contributed by atoms with Gasteiger partial charge in [0, 0.05) is 27.3 Å². The van der Waals surface area contributed by atoms with E-state index in [4.69, 9.17) is 13.6 Å². The van der Waals surface area contributed by atoms with Crippen LogP contribution < -0.4 is 34.7 Å². The molecule has 0 aliphatic rings. The summed E-state index contributed by atoms with van der Waals surface area (Å²) in [5.41, 5.74) is -2.19. The van der Waals surface area contributed by atoms with Crippen LogP contribution in [-0.4, -0.2) is 9.85 Å². The Morgan fingerprint density at radius 3 is 1.30 bits per heavy atom. The van der Waals surface area contributed by atoms with E-state index in [1.807, 2.05) is 36.4 Å². The Bertz CT molecular complexity index is 2470. The second-order valence-electron chi connectivity index (χ2n) is 12.2. The van der Waals surface area contributed by atoms with Crippen molar-refractivity contribution in [1.29, 1.82) is 0 Å². The van der Waals surface area contributed by atoms with Crippen LogP contribution in [-0.2, 0) is 4.57 Å². The highest BCUT2D eigenvalue weighted by Gasteiger charge is 2.46. The molecular formula is C42H32FN4O7P3. The van der Waals surface area contributed by atoms with E-state index >= 15 is 8.96 Å². The van der Waals surface area contributed by atoms with E-state index in [9.17, 15) is 20.2 Å². The summed E-state index contributed by atoms with van der Waals surface area (Å²) >= 11 is 0. The van der Waals surface area contributed by atoms with E-state index in [1.54, 1.807) is 150 Å². The quantitative estimate of drug-likeness (QED) is 0.0601. The van der Waals surface area contributed by atoms with E-state index in [1.165, 1.54) is 0 Å². The first-order valence-corrected chi connectivity index (χ1v) is 21.8. The monoisotopic (exact) mass is 816 g/mol. The Kier molecular flexibility index (Phi) is 11.7. The predicted octanol–water partition coefficient (Wildman–Crippen LogP) is 10.5. The molecule has 0 aliphatic heterocycles. The number of nitrogens with zero attached hydrogens (tertiary/aromatic N) is 4. The number of nitro groups is 2. The molecule has 0 unspecified atom stereocenters. The van der Waals surface area contributed by atoms with Gasteiger partial charge in [0.15, 0.2) is 0 Å². The van der Waals surface area contributed by atoms with Crippen LogP contribution in [0.25, 0.3) is 0 Å². The highest BCUT2D eigenvalue weighted by Crippen LogP contribution is 2.70. The molecule has 11 nitrogen and oxygen atoms in total. The zero-order valence-electron chi connectivity index (χ0n) is 29.8. The smallest absolute Gasteiger partial charge is 0.399 e. The minimum absolute atomic E-state index is 0.159. The minimum Gasteiger partial charge on any atom is -0.399 e. The molecule has 57 heavy (non-hydrogen) atoms. The van der Waals surface area contributed by atoms with E-state index in [-0.39, 0.29) is 17.2 Å². The molecule has 7 aromatic carbocycles. The number of hydrogen-bond donors (Lipinski definition) is 0. The predicted molar refractivity (Wildman–Crippen MR) is 225 cm³/mol. The van der Waals surface area contributed by atoms with Crippen molar-refractivity contribution >= 4 is 61.3 Å². The van der Waals surface area contributed by atoms with Gasteiger partial charge in [0.25, 0.3) is 5.69 Å². The van der Waals surface area contributed by atoms with Gasteiger partial charge in [0.2, 0.25) is 5.82 Å². The fourth-order valence-electron chi connectivity index (χ4n) is 6.11. The maximum Gasteiger partial charge on any atom is 0.564 e. The topological polar surface area (TPSA) is 137 Å². The number of hydrogen-bond acceptors (Lipinski definition) is 7. The first kappa shape index (κ1) is 38.8. The van der Waals surface area contributed by atoms with Gasteiger partial charge in [-0.15, -0.1) is 4.52 Å². The van der Waals surface area contributed by atoms with Crippen molar-refractivity contribution < 1.29 is 27.8 Å². The average Bonchev–Trinajstić information content (AvgIpc) is 3.23. The van der Waals surface area contributed by atoms with Crippen molar-refractivity contribution in [2.75, 3.05) is 4.44 Å². The van der Waals surface area contributed by atoms with E-state index in [2.05, 4.69) is 0 Å². The van der Waals surface area contributed by atoms with Gasteiger partial charge in [0.1, 0.15) is 24.4 Å². The molecule has 15 heteroatoms. The molecule has 0 saturated heterocycles. The Labute approximate surface area is 328 Å². The summed E-state index contributed by atoms with van der Waals surface area (Å²) in [7, 11) is -11.0. The van der Waals surface area contributed by atoms with Crippen LogP contribution >= 0.6 is 23.0 Å². The number of nitro benzene ring substituents is 2. The molecular weight excluding hydrogens is 784 g/mol. The molecule has 0 bridgehead atoms. The molecule has 0 N–H and O–H groups in total. The van der Waals surface area contributed by atoms with Crippen LogP contribution in [0.1, 0.15) is 0 Å². The zero-order chi connectivity index (χ0) is 39.8. The lowest BCUT2D eigenvalue weighted by molar-refractivity contribution is -0.395. The molecule has 0 aliphatic carbocycles. The summed E-state index contributed by atoms with van der Waals surface area (Å²) in [5, 5.41) is 27.5. The number of para-hydroxylation sites is 2. The first-order valence-electron chi connectivity index (χ1n) is 17.4. The highest BCUT2D eigenvalue weighted by atomic mass is 31.2. The molecule has 0 spiro atoms. The maximum absolute atomic E-state index is 16.3. The Balaban J connectivity index is 1.73. The lowest BCUT2D eigenvalue weighted by Crippen LogP contribution is -2.35. The molecule has 284 valence electrons. The Morgan fingerprint density at radius 1 is 0.544 bits per heavy atom. The van der Waals surface area contributed by atoms with Gasteiger partial charge >= 0.3 is 13.4 Å². The third kappa shape index (κ3) is 8.39. The fraction of sp³-hybridized carbons (Fsp3) is 0. The molecule has 0 atom stereocenters. The third-order valence-corrected chi connectivity index (χ3v) is 17.6. The van der Waals surface area contributed by atoms with Crippen LogP contribution in [0.15, 0.2) is 199 Å². The average molecular weight is 817 g/mol. The fourth-order valence-corrected chi connectivity index (χ4v) is 16.6. The number of benzene rings is 7. The van der Waals surface area contributed by atoms with Gasteiger partial charge in [-0.05, 0) is 24.3 Å². The highest BCUT2D eigenvalue weighted by molar-refractivity contribution is 7.96. The molecule has 7 rings (SSSR count). The third-order valence-electron chi connectivity index (χ3n) is 8.52. The Hall–Kier alpha value is -6.44. The molecule has 0 amide bonds. The number of anilines is 1. The van der Waals surface area contributed by atoms with Crippen molar-refractivity contribution in [2.24, 2.45) is 4.52 Å². The summed E-state index contributed by atoms with van der Waals surface area (Å²) in [6.45, 7) is 0. The summed E-state index contributed by atoms with van der Waals surface area (Å²) in [5.74, 6) is -0.996. The normalized spacial score (nSPS) is 11.4. The van der Waals surface area contributed by atoms with Crippen molar-refractivity contribution in [3.63, 3.8) is 0 Å². The largest absolute Gasteiger partial charge is 0.564 e. The van der Waals surface area contributed by atoms with E-state index in [0.717, 1.165) is 6.07 Å². The van der Waals surface area contributed by atoms with Crippen LogP contribution in [0.5, 0.6) is 11.5 Å². The van der Waals surface area contributed by atoms with Gasteiger partial charge in [0.05, 0.1) is 24.0 Å². The van der Waals surface area contributed by atoms with Gasteiger partial charge < -0.3 is 9.05 Å². The van der Waals surface area contributed by atoms with Crippen molar-refractivity contribution in [1.82, 2.24) is 0 Å². The number of rotatable bonds is 14. The summed E-state index contributed by atoms with van der Waals surface area (Å²) in [6, 6.07) is 53.9. The van der Waals surface area contributed by atoms with Crippen molar-refractivity contribution in [3.8, 4) is 11.5 Å². The van der Waals surface area contributed by atoms with Gasteiger partial charge in [-0.3, -0.25) is 24.7 Å². The molecule has 7 aromatic rings. The summed E-state index contributed by atoms with van der Waals surface area (Å²) in [6.07, 6.45) is 0. The molecule has 0 heterocycles. The summed E-state index contributed by atoms with van der Waals surface area (Å²) in [4.78, 5) is 23.5. The lowest BCUT2D eigenvalue weighted by atomic mass is 10.2. The first-order chi connectivity index (χ1) is 27.7. The van der Waals surface area contributed by atoms with Crippen molar-refractivity contribution in [2.45, 2.75) is 0 Å². The number of halogens is 1. The molecule has 0 aromatic heterocycles. The van der Waals surface area contributed by atoms with Gasteiger partial charge in [-0.1, -0.05) is 158 Å². The lowest BCUT2D eigenvalue weighted by Gasteiger charge is -2.43. The SMILES string of the molecule is O=[N+]([O-])c1cc([N+](=O)[O-])c(N(P(c2ccccc2)c2ccccc2)P(=NP(=O)(Oc2ccccc2)Oc2ccccc2)(c2ccccc2)c2ccccc2)cc1F. The molecule has 0 radical (unpaired) electrons. The van der Waals surface area contributed by atoms with Crippen molar-refractivity contribution in [3.05, 3.63) is 220 Å². The molecule has 0 saturated carbocycles. The van der Waals surface area contributed by atoms with Gasteiger partial charge in [-0.2, -0.15) is 4.39 Å².